The zero-order chi connectivity index (χ0) is 18.1. The Labute approximate surface area is 148 Å². The SMILES string of the molecule is Cc1ccn2c(N=Nc3cccc4cccnc34)c(CC(=O)O)nc2c1. The monoisotopic (exact) mass is 345 g/mol. The van der Waals surface area contributed by atoms with Gasteiger partial charge in [0, 0.05) is 17.8 Å². The first-order valence-corrected chi connectivity index (χ1v) is 8.07. The summed E-state index contributed by atoms with van der Waals surface area (Å²) < 4.78 is 1.74. The van der Waals surface area contributed by atoms with Gasteiger partial charge in [-0.05, 0) is 36.8 Å². The van der Waals surface area contributed by atoms with Crippen molar-refractivity contribution in [2.24, 2.45) is 10.2 Å². The van der Waals surface area contributed by atoms with Crippen LogP contribution >= 0.6 is 0 Å². The second-order valence-corrected chi connectivity index (χ2v) is 5.94. The summed E-state index contributed by atoms with van der Waals surface area (Å²) >= 11 is 0. The second-order valence-electron chi connectivity index (χ2n) is 5.94. The summed E-state index contributed by atoms with van der Waals surface area (Å²) in [4.78, 5) is 19.9. The smallest absolute Gasteiger partial charge is 0.309 e. The molecule has 0 spiro atoms. The van der Waals surface area contributed by atoms with Gasteiger partial charge < -0.3 is 5.11 Å². The van der Waals surface area contributed by atoms with Crippen LogP contribution in [0.1, 0.15) is 11.3 Å². The predicted molar refractivity (Wildman–Crippen MR) is 97.2 cm³/mol. The first-order chi connectivity index (χ1) is 12.6. The molecule has 0 bridgehead atoms. The van der Waals surface area contributed by atoms with Crippen LogP contribution in [0.2, 0.25) is 0 Å². The lowest BCUT2D eigenvalue weighted by atomic mass is 10.2. The molecule has 128 valence electrons. The molecule has 7 heteroatoms. The first-order valence-electron chi connectivity index (χ1n) is 8.07. The molecule has 0 aliphatic carbocycles. The molecule has 0 aliphatic heterocycles. The molecule has 7 nitrogen and oxygen atoms in total. The van der Waals surface area contributed by atoms with Crippen LogP contribution in [0.4, 0.5) is 11.5 Å². The summed E-state index contributed by atoms with van der Waals surface area (Å²) in [5.41, 5.74) is 3.41. The first kappa shape index (κ1) is 15.9. The van der Waals surface area contributed by atoms with Gasteiger partial charge in [-0.3, -0.25) is 14.2 Å². The Hall–Kier alpha value is -3.61. The fourth-order valence-corrected chi connectivity index (χ4v) is 2.82. The minimum atomic E-state index is -0.964. The molecule has 3 heterocycles. The molecule has 0 unspecified atom stereocenters. The molecule has 0 aliphatic rings. The maximum Gasteiger partial charge on any atom is 0.309 e. The van der Waals surface area contributed by atoms with Gasteiger partial charge in [-0.2, -0.15) is 0 Å². The van der Waals surface area contributed by atoms with E-state index in [1.807, 2.05) is 55.6 Å². The topological polar surface area (TPSA) is 92.2 Å². The number of hydrogen-bond donors (Lipinski definition) is 1. The quantitative estimate of drug-likeness (QED) is 0.560. The van der Waals surface area contributed by atoms with Crippen LogP contribution in [-0.4, -0.2) is 25.4 Å². The van der Waals surface area contributed by atoms with E-state index < -0.39 is 5.97 Å². The van der Waals surface area contributed by atoms with Crippen LogP contribution in [0, 0.1) is 6.92 Å². The van der Waals surface area contributed by atoms with Gasteiger partial charge in [-0.1, -0.05) is 18.2 Å². The summed E-state index contributed by atoms with van der Waals surface area (Å²) in [7, 11) is 0. The number of azo groups is 1. The van der Waals surface area contributed by atoms with Crippen molar-refractivity contribution in [3.63, 3.8) is 0 Å². The third-order valence-corrected chi connectivity index (χ3v) is 4.01. The number of rotatable bonds is 4. The highest BCUT2D eigenvalue weighted by Gasteiger charge is 2.15. The number of pyridine rings is 2. The van der Waals surface area contributed by atoms with Crippen LogP contribution in [0.5, 0.6) is 0 Å². The van der Waals surface area contributed by atoms with Crippen LogP contribution < -0.4 is 0 Å². The van der Waals surface area contributed by atoms with E-state index in [9.17, 15) is 4.79 Å². The van der Waals surface area contributed by atoms with Gasteiger partial charge in [-0.15, -0.1) is 10.2 Å². The number of para-hydroxylation sites is 1. The molecule has 1 aromatic carbocycles. The maximum atomic E-state index is 11.2. The molecule has 0 amide bonds. The number of nitrogens with zero attached hydrogens (tertiary/aromatic N) is 5. The number of aliphatic carboxylic acids is 1. The Morgan fingerprint density at radius 2 is 2.04 bits per heavy atom. The normalized spacial score (nSPS) is 11.6. The number of fused-ring (bicyclic) bond motifs is 2. The minimum Gasteiger partial charge on any atom is -0.481 e. The van der Waals surface area contributed by atoms with Crippen molar-refractivity contribution in [1.29, 1.82) is 0 Å². The molecule has 0 saturated heterocycles. The highest BCUT2D eigenvalue weighted by atomic mass is 16.4. The van der Waals surface area contributed by atoms with E-state index in [1.54, 1.807) is 10.6 Å². The standard InChI is InChI=1S/C19H15N5O2/c1-12-7-9-24-16(10-12)21-15(11-17(25)26)19(24)23-22-14-6-2-4-13-5-3-8-20-18(13)14/h2-10H,11H2,1H3,(H,25,26). The highest BCUT2D eigenvalue weighted by molar-refractivity contribution is 5.88. The number of aromatic nitrogens is 3. The lowest BCUT2D eigenvalue weighted by Gasteiger charge is -2.00. The molecule has 4 aromatic rings. The lowest BCUT2D eigenvalue weighted by molar-refractivity contribution is -0.136. The van der Waals surface area contributed by atoms with E-state index >= 15 is 0 Å². The molecular weight excluding hydrogens is 330 g/mol. The number of imidazole rings is 1. The van der Waals surface area contributed by atoms with Gasteiger partial charge in [0.1, 0.15) is 11.3 Å². The van der Waals surface area contributed by atoms with Gasteiger partial charge in [0.2, 0.25) is 0 Å². The predicted octanol–water partition coefficient (Wildman–Crippen LogP) is 4.23. The van der Waals surface area contributed by atoms with Crippen molar-refractivity contribution in [1.82, 2.24) is 14.4 Å². The van der Waals surface area contributed by atoms with Gasteiger partial charge >= 0.3 is 5.97 Å². The van der Waals surface area contributed by atoms with E-state index in [1.165, 1.54) is 0 Å². The second kappa shape index (κ2) is 6.36. The number of carboxylic acids is 1. The average molecular weight is 345 g/mol. The molecule has 0 radical (unpaired) electrons. The van der Waals surface area contributed by atoms with Crippen molar-refractivity contribution in [2.45, 2.75) is 13.3 Å². The maximum absolute atomic E-state index is 11.2. The van der Waals surface area contributed by atoms with Crippen molar-refractivity contribution in [3.05, 3.63) is 66.1 Å². The molecule has 1 N–H and O–H groups in total. The third kappa shape index (κ3) is 2.90. The molecule has 3 aromatic heterocycles. The van der Waals surface area contributed by atoms with Crippen LogP contribution in [-0.2, 0) is 11.2 Å². The van der Waals surface area contributed by atoms with E-state index in [0.29, 0.717) is 22.8 Å². The molecular formula is C19H15N5O2. The van der Waals surface area contributed by atoms with Crippen LogP contribution in [0.3, 0.4) is 0 Å². The number of carbonyl (C=O) groups is 1. The zero-order valence-corrected chi connectivity index (χ0v) is 14.0. The van der Waals surface area contributed by atoms with E-state index in [0.717, 1.165) is 16.5 Å². The third-order valence-electron chi connectivity index (χ3n) is 4.01. The summed E-state index contributed by atoms with van der Waals surface area (Å²) in [6.07, 6.45) is 3.30. The largest absolute Gasteiger partial charge is 0.481 e. The van der Waals surface area contributed by atoms with E-state index in [-0.39, 0.29) is 6.42 Å². The van der Waals surface area contributed by atoms with Gasteiger partial charge in [0.15, 0.2) is 5.82 Å². The Kier molecular flexibility index (Phi) is 3.89. The summed E-state index contributed by atoms with van der Waals surface area (Å²) in [5, 5.41) is 18.8. The summed E-state index contributed by atoms with van der Waals surface area (Å²) in [6, 6.07) is 13.3. The summed E-state index contributed by atoms with van der Waals surface area (Å²) in [5.74, 6) is -0.552. The Morgan fingerprint density at radius 1 is 1.19 bits per heavy atom. The fraction of sp³-hybridized carbons (Fsp3) is 0.105. The van der Waals surface area contributed by atoms with E-state index in [4.69, 9.17) is 5.11 Å². The van der Waals surface area contributed by atoms with Gasteiger partial charge in [-0.25, -0.2) is 4.98 Å². The van der Waals surface area contributed by atoms with E-state index in [2.05, 4.69) is 20.2 Å². The molecule has 4 rings (SSSR count). The van der Waals surface area contributed by atoms with Crippen molar-refractivity contribution in [2.75, 3.05) is 0 Å². The van der Waals surface area contributed by atoms with Crippen LogP contribution in [0.15, 0.2) is 65.1 Å². The van der Waals surface area contributed by atoms with Crippen LogP contribution in [0.25, 0.3) is 16.6 Å². The number of hydrogen-bond acceptors (Lipinski definition) is 5. The van der Waals surface area contributed by atoms with Gasteiger partial charge in [0.05, 0.1) is 17.6 Å². The lowest BCUT2D eigenvalue weighted by Crippen LogP contribution is -2.00. The zero-order valence-electron chi connectivity index (χ0n) is 14.0. The summed E-state index contributed by atoms with van der Waals surface area (Å²) in [6.45, 7) is 1.95. The van der Waals surface area contributed by atoms with Crippen molar-refractivity contribution < 1.29 is 9.90 Å². The average Bonchev–Trinajstić information content (AvgIpc) is 2.95. The number of aryl methyl sites for hydroxylation is 1. The minimum absolute atomic E-state index is 0.219. The van der Waals surface area contributed by atoms with Gasteiger partial charge in [0.25, 0.3) is 0 Å². The molecule has 0 atom stereocenters. The number of carboxylic acid groups (broad SMARTS) is 1. The highest BCUT2D eigenvalue weighted by Crippen LogP contribution is 2.28. The Balaban J connectivity index is 1.85. The van der Waals surface area contributed by atoms with Crippen molar-refractivity contribution in [3.8, 4) is 0 Å². The van der Waals surface area contributed by atoms with Crippen molar-refractivity contribution >= 4 is 34.0 Å². The Bertz CT molecular complexity index is 1160. The molecule has 0 fully saturated rings. The molecule has 0 saturated carbocycles. The molecule has 26 heavy (non-hydrogen) atoms. The Morgan fingerprint density at radius 3 is 2.88 bits per heavy atom. The fourth-order valence-electron chi connectivity index (χ4n) is 2.82. The number of benzene rings is 1.